The summed E-state index contributed by atoms with van der Waals surface area (Å²) < 4.78 is 0. The Kier molecular flexibility index (Phi) is 3.57. The van der Waals surface area contributed by atoms with Crippen LogP contribution in [0.1, 0.15) is 32.3 Å². The molecule has 1 aromatic rings. The lowest BCUT2D eigenvalue weighted by Crippen LogP contribution is -2.43. The topological polar surface area (TPSA) is 55.0 Å². The highest BCUT2D eigenvalue weighted by Gasteiger charge is 2.27. The zero-order valence-corrected chi connectivity index (χ0v) is 11.1. The van der Waals surface area contributed by atoms with E-state index >= 15 is 0 Å². The van der Waals surface area contributed by atoms with Crippen LogP contribution in [-0.4, -0.2) is 27.5 Å². The van der Waals surface area contributed by atoms with E-state index in [9.17, 15) is 0 Å². The second-order valence-electron chi connectivity index (χ2n) is 4.68. The first-order chi connectivity index (χ1) is 8.11. The van der Waals surface area contributed by atoms with Crippen LogP contribution < -0.4 is 10.6 Å². The fraction of sp³-hybridized carbons (Fsp3) is 0.583. The van der Waals surface area contributed by atoms with E-state index in [2.05, 4.69) is 28.7 Å². The lowest BCUT2D eigenvalue weighted by molar-refractivity contribution is 0.361. The first-order valence-electron chi connectivity index (χ1n) is 5.97. The van der Waals surface area contributed by atoms with Crippen LogP contribution in [-0.2, 0) is 0 Å². The van der Waals surface area contributed by atoms with Gasteiger partial charge in [0.25, 0.3) is 0 Å². The van der Waals surface area contributed by atoms with Crippen LogP contribution >= 0.6 is 12.2 Å². The van der Waals surface area contributed by atoms with E-state index in [1.165, 1.54) is 12.8 Å². The van der Waals surface area contributed by atoms with Crippen molar-refractivity contribution in [2.45, 2.75) is 32.7 Å². The third-order valence-corrected chi connectivity index (χ3v) is 3.82. The van der Waals surface area contributed by atoms with Gasteiger partial charge < -0.3 is 10.6 Å². The Morgan fingerprint density at radius 1 is 1.53 bits per heavy atom. The van der Waals surface area contributed by atoms with E-state index in [0.717, 1.165) is 17.9 Å². The molecule has 2 unspecified atom stereocenters. The van der Waals surface area contributed by atoms with Crippen molar-refractivity contribution in [1.82, 2.24) is 9.97 Å². The van der Waals surface area contributed by atoms with Gasteiger partial charge in [0.1, 0.15) is 17.1 Å². The molecule has 5 heteroatoms. The smallest absolute Gasteiger partial charge is 0.142 e. The van der Waals surface area contributed by atoms with Gasteiger partial charge in [-0.05, 0) is 25.7 Å². The van der Waals surface area contributed by atoms with Crippen LogP contribution in [0.25, 0.3) is 0 Å². The van der Waals surface area contributed by atoms with Crippen molar-refractivity contribution >= 4 is 23.0 Å². The maximum absolute atomic E-state index is 5.73. The van der Waals surface area contributed by atoms with E-state index in [4.69, 9.17) is 18.0 Å². The van der Waals surface area contributed by atoms with Crippen LogP contribution in [0.5, 0.6) is 0 Å². The minimum Gasteiger partial charge on any atom is -0.389 e. The van der Waals surface area contributed by atoms with E-state index < -0.39 is 0 Å². The van der Waals surface area contributed by atoms with Crippen LogP contribution in [0.2, 0.25) is 0 Å². The van der Waals surface area contributed by atoms with Crippen molar-refractivity contribution in [1.29, 1.82) is 0 Å². The highest BCUT2D eigenvalue weighted by atomic mass is 32.1. The molecule has 1 fully saturated rings. The van der Waals surface area contributed by atoms with Gasteiger partial charge in [0.2, 0.25) is 0 Å². The van der Waals surface area contributed by atoms with Gasteiger partial charge in [0.15, 0.2) is 0 Å². The number of nitrogens with zero attached hydrogens (tertiary/aromatic N) is 3. The van der Waals surface area contributed by atoms with Crippen LogP contribution in [0.3, 0.4) is 0 Å². The zero-order chi connectivity index (χ0) is 12.4. The Labute approximate surface area is 107 Å². The Morgan fingerprint density at radius 2 is 2.29 bits per heavy atom. The lowest BCUT2D eigenvalue weighted by atomic mass is 9.92. The lowest BCUT2D eigenvalue weighted by Gasteiger charge is -2.39. The normalized spacial score (nSPS) is 24.7. The maximum Gasteiger partial charge on any atom is 0.142 e. The summed E-state index contributed by atoms with van der Waals surface area (Å²) in [6.45, 7) is 5.52. The molecule has 0 aliphatic carbocycles. The summed E-state index contributed by atoms with van der Waals surface area (Å²) in [6.07, 6.45) is 5.72. The second-order valence-corrected chi connectivity index (χ2v) is 5.12. The first-order valence-corrected chi connectivity index (χ1v) is 6.38. The van der Waals surface area contributed by atoms with Crippen molar-refractivity contribution in [3.63, 3.8) is 0 Å². The molecule has 0 amide bonds. The predicted molar refractivity (Wildman–Crippen MR) is 73.1 cm³/mol. The largest absolute Gasteiger partial charge is 0.389 e. The quantitative estimate of drug-likeness (QED) is 0.810. The number of hydrogen-bond donors (Lipinski definition) is 1. The molecular weight excluding hydrogens is 232 g/mol. The molecule has 2 N–H and O–H groups in total. The minimum atomic E-state index is 0.367. The monoisotopic (exact) mass is 250 g/mol. The number of aromatic nitrogens is 2. The van der Waals surface area contributed by atoms with Gasteiger partial charge in [0, 0.05) is 18.8 Å². The summed E-state index contributed by atoms with van der Waals surface area (Å²) in [4.78, 5) is 11.0. The van der Waals surface area contributed by atoms with Gasteiger partial charge in [-0.15, -0.1) is 0 Å². The third kappa shape index (κ3) is 2.39. The summed E-state index contributed by atoms with van der Waals surface area (Å²) >= 11 is 5.06. The van der Waals surface area contributed by atoms with Gasteiger partial charge in [-0.3, -0.25) is 0 Å². The van der Waals surface area contributed by atoms with E-state index in [0.29, 0.717) is 16.9 Å². The number of hydrogen-bond acceptors (Lipinski definition) is 4. The van der Waals surface area contributed by atoms with E-state index in [1.54, 1.807) is 12.5 Å². The molecule has 0 aromatic carbocycles. The molecule has 2 rings (SSSR count). The van der Waals surface area contributed by atoms with Crippen molar-refractivity contribution < 1.29 is 0 Å². The van der Waals surface area contributed by atoms with Crippen molar-refractivity contribution in [3.05, 3.63) is 18.1 Å². The van der Waals surface area contributed by atoms with Crippen molar-refractivity contribution in [3.8, 4) is 0 Å². The van der Waals surface area contributed by atoms with Crippen LogP contribution in [0.4, 0.5) is 5.82 Å². The Balaban J connectivity index is 2.36. The molecule has 0 saturated carbocycles. The molecule has 2 heterocycles. The summed E-state index contributed by atoms with van der Waals surface area (Å²) in [5.41, 5.74) is 6.51. The average Bonchev–Trinajstić information content (AvgIpc) is 2.33. The molecule has 0 spiro atoms. The fourth-order valence-corrected chi connectivity index (χ4v) is 2.50. The van der Waals surface area contributed by atoms with Crippen molar-refractivity contribution in [2.24, 2.45) is 11.7 Å². The summed E-state index contributed by atoms with van der Waals surface area (Å²) in [5, 5.41) is 0. The number of piperidine rings is 1. The van der Waals surface area contributed by atoms with E-state index in [1.807, 2.05) is 0 Å². The Hall–Kier alpha value is -1.23. The number of thiocarbonyl (C=S) groups is 1. The number of nitrogens with two attached hydrogens (primary N) is 1. The average molecular weight is 250 g/mol. The van der Waals surface area contributed by atoms with Crippen LogP contribution in [0, 0.1) is 5.92 Å². The molecule has 17 heavy (non-hydrogen) atoms. The second kappa shape index (κ2) is 4.96. The van der Waals surface area contributed by atoms with Gasteiger partial charge in [-0.2, -0.15) is 0 Å². The third-order valence-electron chi connectivity index (χ3n) is 3.60. The van der Waals surface area contributed by atoms with Crippen molar-refractivity contribution in [2.75, 3.05) is 11.4 Å². The van der Waals surface area contributed by atoms with Gasteiger partial charge in [-0.1, -0.05) is 19.1 Å². The highest BCUT2D eigenvalue weighted by Crippen LogP contribution is 2.28. The molecule has 1 saturated heterocycles. The fourth-order valence-electron chi connectivity index (χ4n) is 2.36. The first kappa shape index (κ1) is 12.2. The molecule has 1 aliphatic rings. The summed E-state index contributed by atoms with van der Waals surface area (Å²) in [5.74, 6) is 1.55. The molecule has 0 radical (unpaired) electrons. The Morgan fingerprint density at radius 3 is 3.00 bits per heavy atom. The highest BCUT2D eigenvalue weighted by molar-refractivity contribution is 7.80. The SMILES string of the molecule is CC1CCCN(c2ncncc2C(N)=S)C1C. The molecule has 92 valence electrons. The summed E-state index contributed by atoms with van der Waals surface area (Å²) in [7, 11) is 0. The molecular formula is C12H18N4S. The Bertz CT molecular complexity index is 421. The van der Waals surface area contributed by atoms with Gasteiger partial charge in [0.05, 0.1) is 5.56 Å². The summed E-state index contributed by atoms with van der Waals surface area (Å²) in [6, 6.07) is 0.465. The zero-order valence-electron chi connectivity index (χ0n) is 10.3. The van der Waals surface area contributed by atoms with Gasteiger partial charge >= 0.3 is 0 Å². The van der Waals surface area contributed by atoms with Gasteiger partial charge in [-0.25, -0.2) is 9.97 Å². The number of anilines is 1. The van der Waals surface area contributed by atoms with E-state index in [-0.39, 0.29) is 0 Å². The predicted octanol–water partition coefficient (Wildman–Crippen LogP) is 1.74. The number of rotatable bonds is 2. The molecule has 0 bridgehead atoms. The molecule has 1 aromatic heterocycles. The standard InChI is InChI=1S/C12H18N4S/c1-8-4-3-5-16(9(8)2)12-10(11(13)17)6-14-7-15-12/h6-9H,3-5H2,1-2H3,(H2,13,17). The molecule has 4 nitrogen and oxygen atoms in total. The minimum absolute atomic E-state index is 0.367. The maximum atomic E-state index is 5.73. The molecule has 1 aliphatic heterocycles. The van der Waals surface area contributed by atoms with Crippen LogP contribution in [0.15, 0.2) is 12.5 Å². The molecule has 2 atom stereocenters.